The molecular weight excluding hydrogens is 521 g/mol. The van der Waals surface area contributed by atoms with Crippen molar-refractivity contribution in [3.63, 3.8) is 0 Å². The molecule has 0 bridgehead atoms. The fourth-order valence-corrected chi connectivity index (χ4v) is 5.05. The number of rotatable bonds is 13. The molecule has 2 amide bonds. The smallest absolute Gasteiger partial charge is 0.242 e. The van der Waals surface area contributed by atoms with Crippen molar-refractivity contribution < 1.29 is 18.0 Å². The largest absolute Gasteiger partial charge is 0.354 e. The summed E-state index contributed by atoms with van der Waals surface area (Å²) >= 11 is 12.3. The molecule has 36 heavy (non-hydrogen) atoms. The summed E-state index contributed by atoms with van der Waals surface area (Å²) in [5, 5.41) is 3.94. The Hall–Kier alpha value is -2.29. The summed E-state index contributed by atoms with van der Waals surface area (Å²) in [7, 11) is -3.57. The van der Waals surface area contributed by atoms with Gasteiger partial charge in [-0.25, -0.2) is 8.42 Å². The molecule has 0 saturated carbocycles. The number of benzene rings is 2. The van der Waals surface area contributed by atoms with Gasteiger partial charge < -0.3 is 10.2 Å². The fourth-order valence-electron chi connectivity index (χ4n) is 3.76. The average molecular weight is 557 g/mol. The lowest BCUT2D eigenvalue weighted by molar-refractivity contribution is -0.141. The maximum Gasteiger partial charge on any atom is 0.242 e. The third-order valence-corrected chi connectivity index (χ3v) is 7.45. The summed E-state index contributed by atoms with van der Waals surface area (Å²) in [6.07, 6.45) is 1.90. The Balaban J connectivity index is 2.21. The van der Waals surface area contributed by atoms with Crippen LogP contribution in [0.3, 0.4) is 0 Å². The van der Waals surface area contributed by atoms with Crippen molar-refractivity contribution in [1.29, 1.82) is 0 Å². The predicted molar refractivity (Wildman–Crippen MR) is 147 cm³/mol. The Labute approximate surface area is 224 Å². The molecule has 7 nitrogen and oxygen atoms in total. The molecule has 10 heteroatoms. The van der Waals surface area contributed by atoms with Crippen LogP contribution in [0.25, 0.3) is 0 Å². The van der Waals surface area contributed by atoms with E-state index in [1.54, 1.807) is 41.3 Å². The number of anilines is 1. The number of carbonyl (C=O) groups excluding carboxylic acids is 2. The van der Waals surface area contributed by atoms with Crippen molar-refractivity contribution in [2.45, 2.75) is 52.6 Å². The Morgan fingerprint density at radius 1 is 1.03 bits per heavy atom. The minimum atomic E-state index is -3.57. The third kappa shape index (κ3) is 8.98. The van der Waals surface area contributed by atoms with Gasteiger partial charge in [0, 0.05) is 36.1 Å². The fraction of sp³-hybridized carbons (Fsp3) is 0.462. The lowest BCUT2D eigenvalue weighted by Crippen LogP contribution is -2.49. The summed E-state index contributed by atoms with van der Waals surface area (Å²) in [5.41, 5.74) is 1.21. The van der Waals surface area contributed by atoms with E-state index in [0.717, 1.165) is 11.8 Å². The first kappa shape index (κ1) is 29.9. The van der Waals surface area contributed by atoms with Gasteiger partial charge >= 0.3 is 0 Å². The lowest BCUT2D eigenvalue weighted by Gasteiger charge is -2.31. The molecule has 1 unspecified atom stereocenters. The molecule has 0 aliphatic carbocycles. The van der Waals surface area contributed by atoms with E-state index in [9.17, 15) is 18.0 Å². The zero-order valence-electron chi connectivity index (χ0n) is 21.2. The van der Waals surface area contributed by atoms with Crippen LogP contribution in [0.15, 0.2) is 48.5 Å². The number of amides is 2. The van der Waals surface area contributed by atoms with Crippen LogP contribution in [0.1, 0.15) is 45.6 Å². The van der Waals surface area contributed by atoms with Crippen molar-refractivity contribution >= 4 is 50.7 Å². The van der Waals surface area contributed by atoms with Gasteiger partial charge in [-0.05, 0) is 54.7 Å². The summed E-state index contributed by atoms with van der Waals surface area (Å²) in [6, 6.07) is 13.0. The van der Waals surface area contributed by atoms with Gasteiger partial charge in [0.25, 0.3) is 0 Å². The molecular formula is C26H35Cl2N3O4S. The maximum absolute atomic E-state index is 13.4. The molecule has 1 N–H and O–H groups in total. The number of halogens is 2. The van der Waals surface area contributed by atoms with E-state index < -0.39 is 16.1 Å². The third-order valence-electron chi connectivity index (χ3n) is 5.64. The molecule has 0 radical (unpaired) electrons. The van der Waals surface area contributed by atoms with Crippen molar-refractivity contribution in [1.82, 2.24) is 10.2 Å². The molecule has 2 aromatic rings. The van der Waals surface area contributed by atoms with Crippen LogP contribution >= 0.6 is 23.2 Å². The monoisotopic (exact) mass is 555 g/mol. The molecule has 1 atom stereocenters. The molecule has 0 heterocycles. The number of hydrogen-bond acceptors (Lipinski definition) is 4. The lowest BCUT2D eigenvalue weighted by atomic mass is 10.1. The number of hydrogen-bond donors (Lipinski definition) is 1. The average Bonchev–Trinajstić information content (AvgIpc) is 2.81. The molecule has 0 spiro atoms. The summed E-state index contributed by atoms with van der Waals surface area (Å²) in [6.45, 7) is 6.66. The Kier molecular flexibility index (Phi) is 11.5. The highest BCUT2D eigenvalue weighted by atomic mass is 35.5. The number of nitrogens with one attached hydrogen (secondary N) is 1. The molecule has 198 valence electrons. The SMILES string of the molecule is CCC(C(=O)NCC(C)C)N(Cc1ccccc1Cl)C(=O)CCCN(c1ccc(Cl)cc1)S(C)(=O)=O. The van der Waals surface area contributed by atoms with E-state index >= 15 is 0 Å². The molecule has 0 aliphatic rings. The van der Waals surface area contributed by atoms with E-state index in [1.807, 2.05) is 32.9 Å². The second-order valence-electron chi connectivity index (χ2n) is 9.09. The Morgan fingerprint density at radius 3 is 2.22 bits per heavy atom. The molecule has 2 rings (SSSR count). The number of carbonyl (C=O) groups is 2. The van der Waals surface area contributed by atoms with E-state index in [2.05, 4.69) is 5.32 Å². The summed E-state index contributed by atoms with van der Waals surface area (Å²) in [4.78, 5) is 28.0. The van der Waals surface area contributed by atoms with Gasteiger partial charge in [-0.15, -0.1) is 0 Å². The van der Waals surface area contributed by atoms with Crippen molar-refractivity contribution in [2.24, 2.45) is 5.92 Å². The van der Waals surface area contributed by atoms with Crippen molar-refractivity contribution in [2.75, 3.05) is 23.7 Å². The van der Waals surface area contributed by atoms with Crippen LogP contribution in [0.4, 0.5) is 5.69 Å². The first-order chi connectivity index (χ1) is 16.9. The first-order valence-electron chi connectivity index (χ1n) is 12.0. The van der Waals surface area contributed by atoms with Crippen LogP contribution in [0.2, 0.25) is 10.0 Å². The Bertz CT molecular complexity index is 1120. The number of nitrogens with zero attached hydrogens (tertiary/aromatic N) is 2. The molecule has 2 aromatic carbocycles. The van der Waals surface area contributed by atoms with Gasteiger partial charge in [0.2, 0.25) is 21.8 Å². The van der Waals surface area contributed by atoms with Crippen LogP contribution in [-0.2, 0) is 26.2 Å². The van der Waals surface area contributed by atoms with Crippen molar-refractivity contribution in [3.8, 4) is 0 Å². The zero-order chi connectivity index (χ0) is 26.9. The maximum atomic E-state index is 13.4. The highest BCUT2D eigenvalue weighted by Crippen LogP contribution is 2.23. The standard InChI is InChI=1S/C26H35Cl2N3O4S/c1-5-24(26(33)29-17-19(2)3)30(18-20-9-6-7-10-23(20)28)25(32)11-8-16-31(36(4,34)35)22-14-12-21(27)13-15-22/h6-7,9-10,12-15,19,24H,5,8,11,16-18H2,1-4H3,(H,29,33). The van der Waals surface area contributed by atoms with Gasteiger partial charge in [-0.3, -0.25) is 13.9 Å². The van der Waals surface area contributed by atoms with Crippen LogP contribution < -0.4 is 9.62 Å². The minimum Gasteiger partial charge on any atom is -0.354 e. The summed E-state index contributed by atoms with van der Waals surface area (Å²) < 4.78 is 26.1. The van der Waals surface area contributed by atoms with E-state index in [0.29, 0.717) is 28.7 Å². The second kappa shape index (κ2) is 13.9. The van der Waals surface area contributed by atoms with Gasteiger partial charge in [-0.1, -0.05) is 62.2 Å². The highest BCUT2D eigenvalue weighted by molar-refractivity contribution is 7.92. The molecule has 0 aromatic heterocycles. The second-order valence-corrected chi connectivity index (χ2v) is 11.8. The summed E-state index contributed by atoms with van der Waals surface area (Å²) in [5.74, 6) is -0.189. The van der Waals surface area contributed by atoms with E-state index in [1.165, 1.54) is 4.31 Å². The van der Waals surface area contributed by atoms with E-state index in [4.69, 9.17) is 23.2 Å². The van der Waals surface area contributed by atoms with Crippen molar-refractivity contribution in [3.05, 3.63) is 64.1 Å². The zero-order valence-corrected chi connectivity index (χ0v) is 23.5. The molecule has 0 saturated heterocycles. The van der Waals surface area contributed by atoms with Gasteiger partial charge in [-0.2, -0.15) is 0 Å². The first-order valence-corrected chi connectivity index (χ1v) is 14.6. The minimum absolute atomic E-state index is 0.0675. The molecule has 0 fully saturated rings. The van der Waals surface area contributed by atoms with Gasteiger partial charge in [0.1, 0.15) is 6.04 Å². The topological polar surface area (TPSA) is 86.8 Å². The van der Waals surface area contributed by atoms with Crippen LogP contribution in [-0.4, -0.2) is 50.5 Å². The quantitative estimate of drug-likeness (QED) is 0.371. The predicted octanol–water partition coefficient (Wildman–Crippen LogP) is 5.12. The normalized spacial score (nSPS) is 12.3. The van der Waals surface area contributed by atoms with Crippen LogP contribution in [0.5, 0.6) is 0 Å². The van der Waals surface area contributed by atoms with Gasteiger partial charge in [0.05, 0.1) is 11.9 Å². The van der Waals surface area contributed by atoms with E-state index in [-0.39, 0.29) is 43.7 Å². The van der Waals surface area contributed by atoms with Crippen LogP contribution in [0, 0.1) is 5.92 Å². The Morgan fingerprint density at radius 2 is 1.67 bits per heavy atom. The highest BCUT2D eigenvalue weighted by Gasteiger charge is 2.29. The molecule has 0 aliphatic heterocycles. The number of sulfonamides is 1. The van der Waals surface area contributed by atoms with Gasteiger partial charge in [0.15, 0.2) is 0 Å².